The molecule has 2 aromatic rings. The second kappa shape index (κ2) is 7.57. The van der Waals surface area contributed by atoms with E-state index in [2.05, 4.69) is 4.99 Å². The lowest BCUT2D eigenvalue weighted by atomic mass is 10.1. The molecule has 1 aliphatic heterocycles. The molecule has 3 rings (SSSR count). The molecule has 0 spiro atoms. The number of halogens is 2. The van der Waals surface area contributed by atoms with Gasteiger partial charge in [0, 0.05) is 16.8 Å². The van der Waals surface area contributed by atoms with Crippen molar-refractivity contribution >= 4 is 53.0 Å². The summed E-state index contributed by atoms with van der Waals surface area (Å²) in [5.41, 5.74) is -0.131. The summed E-state index contributed by atoms with van der Waals surface area (Å²) < 4.78 is 13.1. The third-order valence-electron chi connectivity index (χ3n) is 3.83. The van der Waals surface area contributed by atoms with Crippen molar-refractivity contribution < 1.29 is 28.7 Å². The van der Waals surface area contributed by atoms with Gasteiger partial charge in [0.15, 0.2) is 5.92 Å². The lowest BCUT2D eigenvalue weighted by molar-refractivity contribution is -0.255. The summed E-state index contributed by atoms with van der Waals surface area (Å²) in [5, 5.41) is 13.0. The molecule has 0 bridgehead atoms. The second-order valence-electron chi connectivity index (χ2n) is 5.65. The zero-order valence-electron chi connectivity index (χ0n) is 13.9. The summed E-state index contributed by atoms with van der Waals surface area (Å²) in [7, 11) is 0. The Morgan fingerprint density at radius 3 is 2.50 bits per heavy atom. The monoisotopic (exact) mass is 402 g/mol. The predicted octanol–water partition coefficient (Wildman–Crippen LogP) is 1.44. The first-order valence-electron chi connectivity index (χ1n) is 7.77. The first-order valence-corrected chi connectivity index (χ1v) is 8.15. The third kappa shape index (κ3) is 3.74. The maximum Gasteiger partial charge on any atom is 0.335 e. The summed E-state index contributed by atoms with van der Waals surface area (Å²) >= 11 is 5.74. The van der Waals surface area contributed by atoms with Crippen molar-refractivity contribution in [1.82, 2.24) is 5.32 Å². The Hall–Kier alpha value is -3.59. The predicted molar refractivity (Wildman–Crippen MR) is 94.8 cm³/mol. The van der Waals surface area contributed by atoms with E-state index in [4.69, 9.17) is 11.6 Å². The van der Waals surface area contributed by atoms with Gasteiger partial charge in [-0.1, -0.05) is 11.6 Å². The van der Waals surface area contributed by atoms with Gasteiger partial charge in [0.2, 0.25) is 5.91 Å². The van der Waals surface area contributed by atoms with Crippen LogP contribution in [0.25, 0.3) is 0 Å². The molecule has 10 heteroatoms. The molecule has 4 amide bonds. The van der Waals surface area contributed by atoms with Crippen molar-refractivity contribution in [3.8, 4) is 0 Å². The van der Waals surface area contributed by atoms with E-state index in [1.807, 2.05) is 5.32 Å². The lowest BCUT2D eigenvalue weighted by Gasteiger charge is -2.28. The van der Waals surface area contributed by atoms with Gasteiger partial charge in [-0.3, -0.25) is 19.9 Å². The Kier molecular flexibility index (Phi) is 5.18. The Balaban J connectivity index is 1.89. The Morgan fingerprint density at radius 2 is 1.86 bits per heavy atom. The lowest BCUT2D eigenvalue weighted by Crippen LogP contribution is -2.58. The summed E-state index contributed by atoms with van der Waals surface area (Å²) in [6, 6.07) is 7.33. The van der Waals surface area contributed by atoms with Crippen LogP contribution in [0.2, 0.25) is 5.02 Å². The number of aromatic carboxylic acids is 1. The number of anilines is 1. The number of nitrogens with one attached hydrogen (secondary N) is 1. The quantitative estimate of drug-likeness (QED) is 0.613. The largest absolute Gasteiger partial charge is 0.545 e. The molecule has 0 aliphatic carbocycles. The van der Waals surface area contributed by atoms with Crippen molar-refractivity contribution in [3.63, 3.8) is 0 Å². The second-order valence-corrected chi connectivity index (χ2v) is 6.06. The van der Waals surface area contributed by atoms with Gasteiger partial charge in [0.05, 0.1) is 17.3 Å². The van der Waals surface area contributed by atoms with E-state index in [0.717, 1.165) is 24.4 Å². The zero-order valence-corrected chi connectivity index (χ0v) is 14.6. The molecule has 1 saturated heterocycles. The van der Waals surface area contributed by atoms with E-state index in [1.165, 1.54) is 24.3 Å². The minimum absolute atomic E-state index is 0.0569. The van der Waals surface area contributed by atoms with Crippen LogP contribution < -0.4 is 15.3 Å². The molecule has 8 nitrogen and oxygen atoms in total. The standard InChI is InChI=1S/C18H11ClFN3O5/c19-14-6-3-10(7-12(14)17(26)27)21-8-13-15(24)22-18(28)23(16(13)25)11-4-1-9(20)2-5-11/h1-8,13H,(H,26,27)(H,22,24,28)/p-1/t13-/m1/s1. The van der Waals surface area contributed by atoms with Crippen molar-refractivity contribution in [2.24, 2.45) is 10.9 Å². The Labute approximate surface area is 162 Å². The fraction of sp³-hybridized carbons (Fsp3) is 0.0556. The molecule has 0 saturated carbocycles. The topological polar surface area (TPSA) is 119 Å². The Morgan fingerprint density at radius 1 is 1.18 bits per heavy atom. The summed E-state index contributed by atoms with van der Waals surface area (Å²) in [4.78, 5) is 52.3. The molecule has 28 heavy (non-hydrogen) atoms. The highest BCUT2D eigenvalue weighted by atomic mass is 35.5. The molecule has 1 heterocycles. The molecule has 1 aliphatic rings. The number of barbiturate groups is 1. The normalized spacial score (nSPS) is 17.1. The molecular weight excluding hydrogens is 393 g/mol. The molecular formula is C18H10ClFN3O5-. The van der Waals surface area contributed by atoms with Crippen molar-refractivity contribution in [3.05, 3.63) is 58.9 Å². The van der Waals surface area contributed by atoms with Crippen LogP contribution in [0.4, 0.5) is 20.6 Å². The van der Waals surface area contributed by atoms with Gasteiger partial charge in [0.25, 0.3) is 5.91 Å². The fourth-order valence-corrected chi connectivity index (χ4v) is 2.66. The van der Waals surface area contributed by atoms with Gasteiger partial charge < -0.3 is 9.90 Å². The zero-order chi connectivity index (χ0) is 20.4. The van der Waals surface area contributed by atoms with Crippen molar-refractivity contribution in [2.75, 3.05) is 4.90 Å². The van der Waals surface area contributed by atoms with Crippen LogP contribution in [0.1, 0.15) is 10.4 Å². The van der Waals surface area contributed by atoms with Gasteiger partial charge >= 0.3 is 6.03 Å². The Bertz CT molecular complexity index is 1020. The number of aliphatic imine (C=N–C) groups is 1. The molecule has 142 valence electrons. The van der Waals surface area contributed by atoms with Crippen LogP contribution >= 0.6 is 11.6 Å². The fourth-order valence-electron chi connectivity index (χ4n) is 2.47. The van der Waals surface area contributed by atoms with E-state index in [1.54, 1.807) is 0 Å². The highest BCUT2D eigenvalue weighted by Gasteiger charge is 2.40. The first kappa shape index (κ1) is 19.2. The van der Waals surface area contributed by atoms with E-state index in [9.17, 15) is 28.7 Å². The smallest absolute Gasteiger partial charge is 0.335 e. The van der Waals surface area contributed by atoms with Crippen LogP contribution in [0, 0.1) is 11.7 Å². The number of imide groups is 2. The number of carboxylic acid groups (broad SMARTS) is 1. The maximum atomic E-state index is 13.1. The highest BCUT2D eigenvalue weighted by Crippen LogP contribution is 2.24. The van der Waals surface area contributed by atoms with E-state index in [-0.39, 0.29) is 22.0 Å². The minimum Gasteiger partial charge on any atom is -0.545 e. The van der Waals surface area contributed by atoms with Crippen LogP contribution in [0.3, 0.4) is 0 Å². The van der Waals surface area contributed by atoms with E-state index in [0.29, 0.717) is 4.90 Å². The molecule has 0 aromatic heterocycles. The van der Waals surface area contributed by atoms with E-state index >= 15 is 0 Å². The number of hydrogen-bond acceptors (Lipinski definition) is 6. The number of carbonyl (C=O) groups excluding carboxylic acids is 4. The number of carboxylic acids is 1. The average Bonchev–Trinajstić information content (AvgIpc) is 2.63. The molecule has 1 atom stereocenters. The van der Waals surface area contributed by atoms with Crippen LogP contribution in [-0.4, -0.2) is 30.0 Å². The molecule has 2 aromatic carbocycles. The maximum absolute atomic E-state index is 13.1. The summed E-state index contributed by atoms with van der Waals surface area (Å²) in [6.07, 6.45) is 0.975. The molecule has 0 unspecified atom stereocenters. The molecule has 1 N–H and O–H groups in total. The minimum atomic E-state index is -1.51. The number of urea groups is 1. The summed E-state index contributed by atoms with van der Waals surface area (Å²) in [5.74, 6) is -5.31. The highest BCUT2D eigenvalue weighted by molar-refractivity contribution is 6.34. The number of carbonyl (C=O) groups is 4. The van der Waals surface area contributed by atoms with Crippen LogP contribution in [0.15, 0.2) is 47.5 Å². The van der Waals surface area contributed by atoms with Gasteiger partial charge in [0.1, 0.15) is 5.82 Å². The van der Waals surface area contributed by atoms with Gasteiger partial charge in [-0.25, -0.2) is 14.1 Å². The average molecular weight is 403 g/mol. The van der Waals surface area contributed by atoms with Gasteiger partial charge in [-0.2, -0.15) is 0 Å². The number of amides is 4. The summed E-state index contributed by atoms with van der Waals surface area (Å²) in [6.45, 7) is 0. The third-order valence-corrected chi connectivity index (χ3v) is 4.16. The first-order chi connectivity index (χ1) is 13.3. The number of rotatable bonds is 4. The van der Waals surface area contributed by atoms with Crippen molar-refractivity contribution in [2.45, 2.75) is 0 Å². The SMILES string of the molecule is O=C([O-])c1cc(N=C[C@@H]2C(=O)NC(=O)N(c3ccc(F)cc3)C2=O)ccc1Cl. The number of benzene rings is 2. The van der Waals surface area contributed by atoms with Gasteiger partial charge in [-0.15, -0.1) is 0 Å². The van der Waals surface area contributed by atoms with Crippen LogP contribution in [0.5, 0.6) is 0 Å². The van der Waals surface area contributed by atoms with Crippen molar-refractivity contribution in [1.29, 1.82) is 0 Å². The van der Waals surface area contributed by atoms with E-state index < -0.39 is 35.5 Å². The number of nitrogens with zero attached hydrogens (tertiary/aromatic N) is 2. The van der Waals surface area contributed by atoms with Gasteiger partial charge in [-0.05, 0) is 42.5 Å². The molecule has 1 fully saturated rings. The number of hydrogen-bond donors (Lipinski definition) is 1. The van der Waals surface area contributed by atoms with Crippen LogP contribution in [-0.2, 0) is 9.59 Å². The molecule has 0 radical (unpaired) electrons.